The summed E-state index contributed by atoms with van der Waals surface area (Å²) in [5.74, 6) is 0. The molecule has 0 amide bonds. The van der Waals surface area contributed by atoms with Crippen LogP contribution in [0.5, 0.6) is 0 Å². The first-order chi connectivity index (χ1) is 4.00. The fourth-order valence-electron chi connectivity index (χ4n) is 0. The van der Waals surface area contributed by atoms with Gasteiger partial charge >= 0.3 is 110 Å². The Morgan fingerprint density at radius 3 is 0.727 bits per heavy atom. The first-order valence-corrected chi connectivity index (χ1v) is 5.76. The quantitative estimate of drug-likeness (QED) is 0.320. The van der Waals surface area contributed by atoms with Crippen molar-refractivity contribution < 1.29 is 112 Å². The molecule has 0 aromatic heterocycles. The van der Waals surface area contributed by atoms with Crippen LogP contribution in [-0.4, -0.2) is 16.6 Å². The van der Waals surface area contributed by atoms with Gasteiger partial charge in [0.25, 0.3) is 0 Å². The molecule has 0 saturated carbocycles. The van der Waals surface area contributed by atoms with Crippen molar-refractivity contribution in [2.24, 2.45) is 0 Å². The topological polar surface area (TPSA) is 149 Å². The normalized spacial score (nSPS) is 10.5. The van der Waals surface area contributed by atoms with E-state index in [1.165, 1.54) is 0 Å². The Kier molecular flexibility index (Phi) is 12.1. The summed E-state index contributed by atoms with van der Waals surface area (Å²) >= 11 is -10.5. The zero-order chi connectivity index (χ0) is 9.00. The molecular weight excluding hydrogens is 271 g/mol. The Balaban J connectivity index is -0.0000000457. The standard InChI is InChI=1S/2Cr.K.4H2O.4O.H/h;;;4*1H2;;;;;/q2*+2;+1;;;;;;;;;-1/p-4. The van der Waals surface area contributed by atoms with Crippen LogP contribution in [0.15, 0.2) is 0 Å². The summed E-state index contributed by atoms with van der Waals surface area (Å²) < 4.78 is 63.8. The maximum absolute atomic E-state index is 8.82. The van der Waals surface area contributed by atoms with Crippen molar-refractivity contribution in [2.75, 3.05) is 0 Å². The average molecular weight is 276 g/mol. The van der Waals surface area contributed by atoms with E-state index in [1.54, 1.807) is 0 Å². The van der Waals surface area contributed by atoms with E-state index >= 15 is 0 Å². The van der Waals surface area contributed by atoms with Crippen LogP contribution < -0.4 is 51.4 Å². The van der Waals surface area contributed by atoms with Crippen LogP contribution in [0.4, 0.5) is 0 Å². The van der Waals surface area contributed by atoms with Crippen molar-refractivity contribution in [3.05, 3.63) is 0 Å². The van der Waals surface area contributed by atoms with Crippen molar-refractivity contribution >= 4 is 0 Å². The predicted molar refractivity (Wildman–Crippen MR) is 12.7 cm³/mol. The van der Waals surface area contributed by atoms with E-state index in [-0.39, 0.29) is 52.8 Å². The molecule has 0 spiro atoms. The maximum atomic E-state index is 8.82. The molecule has 0 rings (SSSR count). The predicted octanol–water partition coefficient (Wildman–Crippen LogP) is -5.59. The summed E-state index contributed by atoms with van der Waals surface area (Å²) in [7, 11) is 0. The van der Waals surface area contributed by atoms with Crippen LogP contribution in [0.2, 0.25) is 0 Å². The van der Waals surface area contributed by atoms with Gasteiger partial charge in [-0.3, -0.25) is 0 Å². The molecule has 11 heteroatoms. The summed E-state index contributed by atoms with van der Waals surface area (Å²) in [5.41, 5.74) is 0. The SMILES string of the molecule is [H-].[K+].[O]=[Cr](=[O])([OH])[OH].[O]=[Cr](=[O])([OH])[OH]. The van der Waals surface area contributed by atoms with Gasteiger partial charge in [0.05, 0.1) is 0 Å². The summed E-state index contributed by atoms with van der Waals surface area (Å²) in [5, 5.41) is 0. The second kappa shape index (κ2) is 7.17. The minimum atomic E-state index is -5.25. The average Bonchev–Trinajstić information content (AvgIpc) is 1.12. The van der Waals surface area contributed by atoms with Gasteiger partial charge in [-0.2, -0.15) is 0 Å². The molecule has 11 heavy (non-hydrogen) atoms. The van der Waals surface area contributed by atoms with E-state index in [1.807, 2.05) is 0 Å². The van der Waals surface area contributed by atoms with Crippen molar-refractivity contribution in [1.29, 1.82) is 0 Å². The molecule has 4 N–H and O–H groups in total. The molecule has 0 saturated heterocycles. The second-order valence-corrected chi connectivity index (χ2v) is 3.69. The van der Waals surface area contributed by atoms with Crippen LogP contribution in [0, 0.1) is 0 Å². The van der Waals surface area contributed by atoms with Crippen molar-refractivity contribution in [2.45, 2.75) is 0 Å². The summed E-state index contributed by atoms with van der Waals surface area (Å²) in [6.45, 7) is 0. The third-order valence-corrected chi connectivity index (χ3v) is 0. The third kappa shape index (κ3) is 367. The van der Waals surface area contributed by atoms with E-state index in [0.717, 1.165) is 0 Å². The summed E-state index contributed by atoms with van der Waals surface area (Å²) in [4.78, 5) is 0. The van der Waals surface area contributed by atoms with E-state index in [9.17, 15) is 0 Å². The van der Waals surface area contributed by atoms with Crippen LogP contribution in [0.25, 0.3) is 0 Å². The number of hydrogen-bond acceptors (Lipinski definition) is 4. The molecule has 0 atom stereocenters. The Hall–Kier alpha value is 1.74. The second-order valence-electron chi connectivity index (χ2n) is 0.896. The van der Waals surface area contributed by atoms with E-state index < -0.39 is 27.2 Å². The van der Waals surface area contributed by atoms with Gasteiger partial charge in [0, 0.05) is 0 Å². The molecule has 0 aliphatic carbocycles. The first kappa shape index (κ1) is 18.5. The Bertz CT molecular complexity index is 213. The van der Waals surface area contributed by atoms with Crippen LogP contribution in [-0.2, 0) is 42.4 Å². The first-order valence-electron chi connectivity index (χ1n) is 1.40. The van der Waals surface area contributed by atoms with Gasteiger partial charge in [-0.05, 0) is 0 Å². The van der Waals surface area contributed by atoms with E-state index in [0.29, 0.717) is 0 Å². The van der Waals surface area contributed by atoms with Crippen LogP contribution in [0.1, 0.15) is 1.43 Å². The molecule has 0 aliphatic heterocycles. The molecule has 0 heterocycles. The van der Waals surface area contributed by atoms with Crippen molar-refractivity contribution in [3.8, 4) is 0 Å². The summed E-state index contributed by atoms with van der Waals surface area (Å²) in [6, 6.07) is 0. The Morgan fingerprint density at radius 2 is 0.727 bits per heavy atom. The molecule has 0 aromatic rings. The zero-order valence-corrected chi connectivity index (χ0v) is 10.9. The van der Waals surface area contributed by atoms with E-state index in [4.69, 9.17) is 31.8 Å². The Morgan fingerprint density at radius 1 is 0.727 bits per heavy atom. The minimum absolute atomic E-state index is 0. The molecule has 0 radical (unpaired) electrons. The monoisotopic (exact) mass is 276 g/mol. The van der Waals surface area contributed by atoms with Crippen LogP contribution in [0.3, 0.4) is 0 Å². The van der Waals surface area contributed by atoms with Gasteiger partial charge in [0.1, 0.15) is 0 Å². The fraction of sp³-hybridized carbons (Fsp3) is 0. The Labute approximate surface area is 110 Å². The van der Waals surface area contributed by atoms with Gasteiger partial charge in [-0.25, -0.2) is 0 Å². The molecule has 0 aromatic carbocycles. The number of rotatable bonds is 0. The van der Waals surface area contributed by atoms with Gasteiger partial charge in [-0.1, -0.05) is 0 Å². The van der Waals surface area contributed by atoms with E-state index in [2.05, 4.69) is 0 Å². The van der Waals surface area contributed by atoms with Crippen molar-refractivity contribution in [3.63, 3.8) is 0 Å². The fourth-order valence-corrected chi connectivity index (χ4v) is 0. The molecule has 0 unspecified atom stereocenters. The molecule has 8 nitrogen and oxygen atoms in total. The van der Waals surface area contributed by atoms with Gasteiger partial charge in [0.2, 0.25) is 0 Å². The summed E-state index contributed by atoms with van der Waals surface area (Å²) in [6.07, 6.45) is 0. The zero-order valence-electron chi connectivity index (χ0n) is 6.24. The van der Waals surface area contributed by atoms with Crippen molar-refractivity contribution in [1.82, 2.24) is 0 Å². The van der Waals surface area contributed by atoms with Gasteiger partial charge in [-0.15, -0.1) is 0 Å². The third-order valence-electron chi connectivity index (χ3n) is 0. The van der Waals surface area contributed by atoms with Gasteiger partial charge < -0.3 is 1.43 Å². The van der Waals surface area contributed by atoms with Crippen LogP contribution >= 0.6 is 0 Å². The number of hydrogen-bond donors (Lipinski definition) is 4. The molecule has 0 aliphatic rings. The molecule has 66 valence electrons. The molecule has 0 fully saturated rings. The molecule has 0 bridgehead atoms. The molecular formula is H5Cr2KO8. The van der Waals surface area contributed by atoms with Gasteiger partial charge in [0.15, 0.2) is 0 Å².